The van der Waals surface area contributed by atoms with Crippen LogP contribution in [-0.2, 0) is 17.7 Å². The molecule has 1 saturated heterocycles. The lowest BCUT2D eigenvalue weighted by Crippen LogP contribution is -2.44. The first-order valence-electron chi connectivity index (χ1n) is 7.52. The topological polar surface area (TPSA) is 67.6 Å². The second kappa shape index (κ2) is 5.02. The van der Waals surface area contributed by atoms with E-state index in [1.807, 2.05) is 6.33 Å². The number of aromatic nitrogens is 2. The van der Waals surface area contributed by atoms with E-state index >= 15 is 0 Å². The van der Waals surface area contributed by atoms with Crippen molar-refractivity contribution in [3.63, 3.8) is 0 Å². The number of nitrogens with zero attached hydrogens (tertiary/aromatic N) is 3. The van der Waals surface area contributed by atoms with Crippen LogP contribution in [0.1, 0.15) is 38.2 Å². The third-order valence-electron chi connectivity index (χ3n) is 4.51. The van der Waals surface area contributed by atoms with E-state index in [1.54, 1.807) is 0 Å². The Kier molecular flexibility index (Phi) is 3.43. The Hall–Kier alpha value is -1.56. The highest BCUT2D eigenvalue weighted by atomic mass is 16.5. The van der Waals surface area contributed by atoms with Crippen LogP contribution in [0.15, 0.2) is 6.33 Å². The molecule has 0 radical (unpaired) electrons. The molecular formula is C15H23N3O3. The van der Waals surface area contributed by atoms with Gasteiger partial charge in [-0.25, -0.2) is 9.78 Å². The van der Waals surface area contributed by atoms with Crippen LogP contribution in [0.5, 0.6) is 0 Å². The van der Waals surface area contributed by atoms with Crippen LogP contribution in [0.4, 0.5) is 4.79 Å². The van der Waals surface area contributed by atoms with Crippen LogP contribution in [0.25, 0.3) is 0 Å². The van der Waals surface area contributed by atoms with Gasteiger partial charge in [0, 0.05) is 30.6 Å². The molecule has 1 atom stereocenters. The van der Waals surface area contributed by atoms with E-state index < -0.39 is 6.09 Å². The normalized spacial score (nSPS) is 23.8. The molecule has 2 aliphatic heterocycles. The Morgan fingerprint density at radius 2 is 2.29 bits per heavy atom. The van der Waals surface area contributed by atoms with Gasteiger partial charge in [-0.05, 0) is 5.92 Å². The molecule has 6 nitrogen and oxygen atoms in total. The first kappa shape index (κ1) is 14.4. The average Bonchev–Trinajstić information content (AvgIpc) is 2.78. The summed E-state index contributed by atoms with van der Waals surface area (Å²) >= 11 is 0. The molecular weight excluding hydrogens is 270 g/mol. The largest absolute Gasteiger partial charge is 0.465 e. The van der Waals surface area contributed by atoms with Crippen molar-refractivity contribution in [3.05, 3.63) is 17.7 Å². The number of hydrogen-bond donors (Lipinski definition) is 1. The van der Waals surface area contributed by atoms with Crippen LogP contribution in [0.2, 0.25) is 0 Å². The molecule has 1 fully saturated rings. The van der Waals surface area contributed by atoms with Gasteiger partial charge in [-0.3, -0.25) is 4.90 Å². The summed E-state index contributed by atoms with van der Waals surface area (Å²) in [6.45, 7) is 9.34. The molecule has 0 spiro atoms. The predicted molar refractivity (Wildman–Crippen MR) is 77.2 cm³/mol. The van der Waals surface area contributed by atoms with Gasteiger partial charge in [-0.1, -0.05) is 20.8 Å². The first-order chi connectivity index (χ1) is 9.91. The van der Waals surface area contributed by atoms with E-state index in [0.29, 0.717) is 6.54 Å². The summed E-state index contributed by atoms with van der Waals surface area (Å²) in [6, 6.07) is -0.141. The minimum absolute atomic E-state index is 0.141. The first-order valence-corrected chi connectivity index (χ1v) is 7.52. The highest BCUT2D eigenvalue weighted by Crippen LogP contribution is 2.36. The van der Waals surface area contributed by atoms with E-state index in [0.717, 1.165) is 31.9 Å². The monoisotopic (exact) mass is 293 g/mol. The SMILES string of the molecule is CC(C)C1c2ncn(CC3(C)COC3)c2CCN1C(=O)O. The van der Waals surface area contributed by atoms with Crippen molar-refractivity contribution in [2.75, 3.05) is 19.8 Å². The fraction of sp³-hybridized carbons (Fsp3) is 0.733. The van der Waals surface area contributed by atoms with Crippen molar-refractivity contribution >= 4 is 6.09 Å². The molecule has 1 amide bonds. The van der Waals surface area contributed by atoms with Gasteiger partial charge in [0.25, 0.3) is 0 Å². The Morgan fingerprint density at radius 1 is 1.57 bits per heavy atom. The molecule has 116 valence electrons. The van der Waals surface area contributed by atoms with Crippen LogP contribution in [0.3, 0.4) is 0 Å². The fourth-order valence-electron chi connectivity index (χ4n) is 3.43. The molecule has 2 aliphatic rings. The summed E-state index contributed by atoms with van der Waals surface area (Å²) in [5, 5.41) is 9.40. The summed E-state index contributed by atoms with van der Waals surface area (Å²) < 4.78 is 7.52. The van der Waals surface area contributed by atoms with Gasteiger partial charge in [0.2, 0.25) is 0 Å². The van der Waals surface area contributed by atoms with Crippen molar-refractivity contribution in [1.82, 2.24) is 14.5 Å². The van der Waals surface area contributed by atoms with Crippen LogP contribution in [-0.4, -0.2) is 45.4 Å². The van der Waals surface area contributed by atoms with Gasteiger partial charge in [0.05, 0.1) is 31.3 Å². The Bertz CT molecular complexity index is 548. The quantitative estimate of drug-likeness (QED) is 0.927. The highest BCUT2D eigenvalue weighted by molar-refractivity contribution is 5.66. The zero-order valence-electron chi connectivity index (χ0n) is 12.9. The average molecular weight is 293 g/mol. The number of rotatable bonds is 3. The predicted octanol–water partition coefficient (Wildman–Crippen LogP) is 2.15. The lowest BCUT2D eigenvalue weighted by atomic mass is 9.88. The minimum atomic E-state index is -0.853. The lowest BCUT2D eigenvalue weighted by Gasteiger charge is -2.40. The van der Waals surface area contributed by atoms with Crippen molar-refractivity contribution in [3.8, 4) is 0 Å². The third kappa shape index (κ3) is 2.41. The minimum Gasteiger partial charge on any atom is -0.465 e. The van der Waals surface area contributed by atoms with Crippen LogP contribution in [0, 0.1) is 11.3 Å². The van der Waals surface area contributed by atoms with Gasteiger partial charge in [0.1, 0.15) is 0 Å². The molecule has 0 aliphatic carbocycles. The maximum atomic E-state index is 11.4. The van der Waals surface area contributed by atoms with E-state index in [-0.39, 0.29) is 17.4 Å². The molecule has 1 aromatic rings. The standard InChI is InChI=1S/C15H23N3O3/c1-10(2)13-12-11(4-5-18(13)14(19)20)17(9-16-12)6-15(3)7-21-8-15/h9-10,13H,4-8H2,1-3H3,(H,19,20). The van der Waals surface area contributed by atoms with Gasteiger partial charge < -0.3 is 14.4 Å². The summed E-state index contributed by atoms with van der Waals surface area (Å²) in [5.74, 6) is 0.214. The van der Waals surface area contributed by atoms with Crippen molar-refractivity contribution in [2.45, 2.75) is 39.8 Å². The van der Waals surface area contributed by atoms with Gasteiger partial charge >= 0.3 is 6.09 Å². The number of amides is 1. The molecule has 6 heteroatoms. The Balaban J connectivity index is 1.90. The number of ether oxygens (including phenoxy) is 1. The van der Waals surface area contributed by atoms with Crippen LogP contribution >= 0.6 is 0 Å². The Labute approximate surface area is 124 Å². The number of hydrogen-bond acceptors (Lipinski definition) is 3. The Morgan fingerprint density at radius 3 is 2.81 bits per heavy atom. The molecule has 1 aromatic heterocycles. The highest BCUT2D eigenvalue weighted by Gasteiger charge is 2.38. The molecule has 1 unspecified atom stereocenters. The molecule has 0 bridgehead atoms. The zero-order chi connectivity index (χ0) is 15.2. The summed E-state index contributed by atoms with van der Waals surface area (Å²) in [4.78, 5) is 17.5. The van der Waals surface area contributed by atoms with Gasteiger partial charge in [-0.15, -0.1) is 0 Å². The molecule has 0 saturated carbocycles. The number of carbonyl (C=O) groups is 1. The molecule has 1 N–H and O–H groups in total. The molecule has 3 rings (SSSR count). The number of fused-ring (bicyclic) bond motifs is 1. The summed E-state index contributed by atoms with van der Waals surface area (Å²) in [6.07, 6.45) is 1.75. The van der Waals surface area contributed by atoms with Crippen molar-refractivity contribution in [2.24, 2.45) is 11.3 Å². The second-order valence-corrected chi connectivity index (χ2v) is 6.92. The van der Waals surface area contributed by atoms with Gasteiger partial charge in [0.15, 0.2) is 0 Å². The van der Waals surface area contributed by atoms with E-state index in [9.17, 15) is 9.90 Å². The van der Waals surface area contributed by atoms with Crippen molar-refractivity contribution in [1.29, 1.82) is 0 Å². The maximum absolute atomic E-state index is 11.4. The molecule has 0 aromatic carbocycles. The summed E-state index contributed by atoms with van der Waals surface area (Å²) in [5.41, 5.74) is 2.31. The smallest absolute Gasteiger partial charge is 0.407 e. The lowest BCUT2D eigenvalue weighted by molar-refractivity contribution is -0.110. The maximum Gasteiger partial charge on any atom is 0.407 e. The fourth-order valence-corrected chi connectivity index (χ4v) is 3.43. The molecule has 21 heavy (non-hydrogen) atoms. The number of imidazole rings is 1. The van der Waals surface area contributed by atoms with Gasteiger partial charge in [-0.2, -0.15) is 0 Å². The number of carboxylic acid groups (broad SMARTS) is 1. The summed E-state index contributed by atoms with van der Waals surface area (Å²) in [7, 11) is 0. The third-order valence-corrected chi connectivity index (χ3v) is 4.51. The zero-order valence-corrected chi connectivity index (χ0v) is 12.9. The van der Waals surface area contributed by atoms with E-state index in [4.69, 9.17) is 4.74 Å². The second-order valence-electron chi connectivity index (χ2n) is 6.92. The van der Waals surface area contributed by atoms with Crippen molar-refractivity contribution < 1.29 is 14.6 Å². The van der Waals surface area contributed by atoms with E-state index in [2.05, 4.69) is 30.3 Å². The van der Waals surface area contributed by atoms with E-state index in [1.165, 1.54) is 10.6 Å². The van der Waals surface area contributed by atoms with Crippen LogP contribution < -0.4 is 0 Å². The molecule has 3 heterocycles.